The number of carbonyl (C=O) groups excluding carboxylic acids is 1. The summed E-state index contributed by atoms with van der Waals surface area (Å²) in [5, 5.41) is 1.79. The van der Waals surface area contributed by atoms with Gasteiger partial charge in [0, 0.05) is 43.2 Å². The summed E-state index contributed by atoms with van der Waals surface area (Å²) in [5.41, 5.74) is 3.26. The van der Waals surface area contributed by atoms with Gasteiger partial charge in [0.05, 0.1) is 5.57 Å². The van der Waals surface area contributed by atoms with Crippen LogP contribution in [0, 0.1) is 0 Å². The third-order valence-corrected chi connectivity index (χ3v) is 4.47. The quantitative estimate of drug-likeness (QED) is 0.798. The fourth-order valence-corrected chi connectivity index (χ4v) is 3.21. The van der Waals surface area contributed by atoms with Crippen molar-refractivity contribution in [1.82, 2.24) is 9.80 Å². The van der Waals surface area contributed by atoms with Crippen molar-refractivity contribution >= 4 is 34.1 Å². The van der Waals surface area contributed by atoms with Gasteiger partial charge in [-0.2, -0.15) is 0 Å². The highest BCUT2D eigenvalue weighted by molar-refractivity contribution is 6.32. The molecule has 0 radical (unpaired) electrons. The van der Waals surface area contributed by atoms with Crippen molar-refractivity contribution in [2.24, 2.45) is 0 Å². The van der Waals surface area contributed by atoms with Crippen molar-refractivity contribution < 1.29 is 9.21 Å². The summed E-state index contributed by atoms with van der Waals surface area (Å²) in [4.78, 5) is 16.0. The van der Waals surface area contributed by atoms with Gasteiger partial charge in [0.1, 0.15) is 11.3 Å². The molecule has 1 aliphatic rings. The third-order valence-electron chi connectivity index (χ3n) is 4.12. The van der Waals surface area contributed by atoms with E-state index in [1.807, 2.05) is 12.1 Å². The minimum absolute atomic E-state index is 0.144. The normalized spacial score (nSPS) is 14.9. The maximum atomic E-state index is 12.3. The van der Waals surface area contributed by atoms with Crippen molar-refractivity contribution in [3.05, 3.63) is 40.6 Å². The molecule has 3 rings (SSSR count). The van der Waals surface area contributed by atoms with E-state index in [4.69, 9.17) is 16.0 Å². The average Bonchev–Trinajstić information content (AvgIpc) is 2.73. The number of hydrogen-bond donors (Lipinski definition) is 0. The van der Waals surface area contributed by atoms with E-state index < -0.39 is 0 Å². The van der Waals surface area contributed by atoms with Crippen molar-refractivity contribution in [3.63, 3.8) is 0 Å². The minimum Gasteiger partial charge on any atom is -0.456 e. The van der Waals surface area contributed by atoms with E-state index in [9.17, 15) is 4.79 Å². The fourth-order valence-electron chi connectivity index (χ4n) is 2.96. The van der Waals surface area contributed by atoms with Crippen LogP contribution in [0.25, 0.3) is 16.5 Å². The highest BCUT2D eigenvalue weighted by Crippen LogP contribution is 2.38. The van der Waals surface area contributed by atoms with Crippen LogP contribution >= 0.6 is 11.6 Å². The molecule has 0 unspecified atom stereocenters. The van der Waals surface area contributed by atoms with Gasteiger partial charge < -0.3 is 14.2 Å². The van der Waals surface area contributed by atoms with Crippen LogP contribution in [0.1, 0.15) is 16.9 Å². The van der Waals surface area contributed by atoms with Crippen molar-refractivity contribution in [2.45, 2.75) is 13.0 Å². The summed E-state index contributed by atoms with van der Waals surface area (Å²) in [6, 6.07) is 3.73. The molecule has 0 spiro atoms. The van der Waals surface area contributed by atoms with E-state index in [1.54, 1.807) is 14.1 Å². The predicted molar refractivity (Wildman–Crippen MR) is 89.0 cm³/mol. The number of rotatable bonds is 2. The van der Waals surface area contributed by atoms with Crippen molar-refractivity contribution in [2.75, 3.05) is 27.7 Å². The van der Waals surface area contributed by atoms with Gasteiger partial charge in [0.2, 0.25) is 0 Å². The molecule has 0 N–H and O–H groups in total. The SMILES string of the molecule is C=C(C(=O)N(C)C)c1oc2ccc(Cl)c3c2c1CN(C)CC3. The highest BCUT2D eigenvalue weighted by atomic mass is 35.5. The molecule has 0 saturated carbocycles. The summed E-state index contributed by atoms with van der Waals surface area (Å²) in [6.45, 7) is 5.58. The minimum atomic E-state index is -0.144. The van der Waals surface area contributed by atoms with Gasteiger partial charge in [-0.15, -0.1) is 0 Å². The number of hydrogen-bond acceptors (Lipinski definition) is 3. The number of furan rings is 1. The molecule has 116 valence electrons. The second kappa shape index (κ2) is 5.45. The molecule has 0 fully saturated rings. The Bertz CT molecular complexity index is 777. The van der Waals surface area contributed by atoms with Crippen LogP contribution in [0.15, 0.2) is 23.1 Å². The molecule has 0 saturated heterocycles. The van der Waals surface area contributed by atoms with Crippen LogP contribution in [0.4, 0.5) is 0 Å². The Morgan fingerprint density at radius 1 is 1.36 bits per heavy atom. The standard InChI is InChI=1S/C17H19ClN2O2/c1-10(17(21)19(2)3)16-12-9-20(4)8-7-11-13(18)5-6-14(22-16)15(11)12/h5-6H,1,7-9H2,2-4H3. The van der Waals surface area contributed by atoms with E-state index in [2.05, 4.69) is 18.5 Å². The number of benzene rings is 1. The zero-order valence-electron chi connectivity index (χ0n) is 13.1. The summed E-state index contributed by atoms with van der Waals surface area (Å²) in [7, 11) is 5.48. The molecule has 2 aromatic rings. The Kier molecular flexibility index (Phi) is 3.75. The van der Waals surface area contributed by atoms with Gasteiger partial charge in [-0.3, -0.25) is 4.79 Å². The topological polar surface area (TPSA) is 36.7 Å². The van der Waals surface area contributed by atoms with E-state index >= 15 is 0 Å². The van der Waals surface area contributed by atoms with Crippen LogP contribution in [0.2, 0.25) is 5.02 Å². The average molecular weight is 319 g/mol. The first-order chi connectivity index (χ1) is 10.4. The molecule has 0 aliphatic carbocycles. The lowest BCUT2D eigenvalue weighted by Gasteiger charge is -2.15. The smallest absolute Gasteiger partial charge is 0.256 e. The van der Waals surface area contributed by atoms with Gasteiger partial charge in [0.15, 0.2) is 0 Å². The molecule has 1 aliphatic heterocycles. The lowest BCUT2D eigenvalue weighted by molar-refractivity contribution is -0.122. The molecule has 1 amide bonds. The van der Waals surface area contributed by atoms with Gasteiger partial charge in [-0.25, -0.2) is 0 Å². The van der Waals surface area contributed by atoms with E-state index in [0.29, 0.717) is 11.3 Å². The number of halogens is 1. The molecule has 0 atom stereocenters. The number of amides is 1. The second-order valence-corrected chi connectivity index (χ2v) is 6.38. The lowest BCUT2D eigenvalue weighted by atomic mass is 10.0. The number of nitrogens with zero attached hydrogens (tertiary/aromatic N) is 2. The van der Waals surface area contributed by atoms with Crippen LogP contribution in [0.3, 0.4) is 0 Å². The Morgan fingerprint density at radius 2 is 2.09 bits per heavy atom. The summed E-state index contributed by atoms with van der Waals surface area (Å²) in [5.74, 6) is 0.431. The van der Waals surface area contributed by atoms with Crippen LogP contribution in [0.5, 0.6) is 0 Å². The van der Waals surface area contributed by atoms with Gasteiger partial charge >= 0.3 is 0 Å². The Labute approximate surface area is 134 Å². The number of likely N-dealkylation sites (N-methyl/N-ethyl adjacent to an activating group) is 2. The summed E-state index contributed by atoms with van der Waals surface area (Å²) >= 11 is 6.37. The maximum absolute atomic E-state index is 12.3. The fraction of sp³-hybridized carbons (Fsp3) is 0.353. The maximum Gasteiger partial charge on any atom is 0.256 e. The number of carbonyl (C=O) groups is 1. The first-order valence-electron chi connectivity index (χ1n) is 7.22. The predicted octanol–water partition coefficient (Wildman–Crippen LogP) is 3.18. The molecule has 1 aromatic heterocycles. The van der Waals surface area contributed by atoms with Crippen LogP contribution in [-0.2, 0) is 17.8 Å². The highest BCUT2D eigenvalue weighted by Gasteiger charge is 2.27. The first-order valence-corrected chi connectivity index (χ1v) is 7.60. The first kappa shape index (κ1) is 15.1. The molecule has 5 heteroatoms. The molecular weight excluding hydrogens is 300 g/mol. The van der Waals surface area contributed by atoms with E-state index in [1.165, 1.54) is 4.90 Å². The molecular formula is C17H19ClN2O2. The molecule has 4 nitrogen and oxygen atoms in total. The van der Waals surface area contributed by atoms with Gasteiger partial charge in [-0.1, -0.05) is 18.2 Å². The Hall–Kier alpha value is -1.78. The lowest BCUT2D eigenvalue weighted by Crippen LogP contribution is -2.23. The second-order valence-electron chi connectivity index (χ2n) is 5.97. The van der Waals surface area contributed by atoms with Crippen LogP contribution < -0.4 is 0 Å². The molecule has 22 heavy (non-hydrogen) atoms. The van der Waals surface area contributed by atoms with E-state index in [-0.39, 0.29) is 5.91 Å². The van der Waals surface area contributed by atoms with Gasteiger partial charge in [-0.05, 0) is 31.2 Å². The summed E-state index contributed by atoms with van der Waals surface area (Å²) < 4.78 is 5.97. The third kappa shape index (κ3) is 2.32. The van der Waals surface area contributed by atoms with E-state index in [0.717, 1.165) is 46.6 Å². The zero-order chi connectivity index (χ0) is 16.0. The van der Waals surface area contributed by atoms with Crippen molar-refractivity contribution in [3.8, 4) is 0 Å². The van der Waals surface area contributed by atoms with Crippen molar-refractivity contribution in [1.29, 1.82) is 0 Å². The Morgan fingerprint density at radius 3 is 2.77 bits per heavy atom. The molecule has 0 bridgehead atoms. The monoisotopic (exact) mass is 318 g/mol. The summed E-state index contributed by atoms with van der Waals surface area (Å²) in [6.07, 6.45) is 0.868. The largest absolute Gasteiger partial charge is 0.456 e. The Balaban J connectivity index is 2.24. The zero-order valence-corrected chi connectivity index (χ0v) is 13.8. The van der Waals surface area contributed by atoms with Gasteiger partial charge in [0.25, 0.3) is 5.91 Å². The van der Waals surface area contributed by atoms with Crippen LogP contribution in [-0.4, -0.2) is 43.4 Å². The molecule has 2 heterocycles. The molecule has 1 aromatic carbocycles.